The summed E-state index contributed by atoms with van der Waals surface area (Å²) in [4.78, 5) is 11.9. The highest BCUT2D eigenvalue weighted by atomic mass is 16.3. The van der Waals surface area contributed by atoms with Crippen LogP contribution in [0.15, 0.2) is 24.3 Å². The van der Waals surface area contributed by atoms with Gasteiger partial charge in [0.2, 0.25) is 0 Å². The number of amides is 1. The topological polar surface area (TPSA) is 49.3 Å². The molecule has 0 unspecified atom stereocenters. The lowest BCUT2D eigenvalue weighted by Crippen LogP contribution is -2.25. The summed E-state index contributed by atoms with van der Waals surface area (Å²) < 4.78 is 0. The molecular weight excluding hydrogens is 274 g/mol. The van der Waals surface area contributed by atoms with Gasteiger partial charge in [0, 0.05) is 5.56 Å². The summed E-state index contributed by atoms with van der Waals surface area (Å²) in [5.41, 5.74) is 1.77. The fourth-order valence-electron chi connectivity index (χ4n) is 2.75. The molecule has 1 aromatic rings. The standard InChI is InChI=1S/C19H31NO2/c1-2-3-4-5-6-7-8-9-10-13-17-14-11-12-15-18(17)19(22)20-16-21/h11-12,14-15,21H,2-10,13,16H2,1H3,(H,20,22). The van der Waals surface area contributed by atoms with Crippen LogP contribution in [-0.2, 0) is 6.42 Å². The molecule has 0 aliphatic carbocycles. The zero-order valence-corrected chi connectivity index (χ0v) is 13.9. The van der Waals surface area contributed by atoms with E-state index in [4.69, 9.17) is 5.11 Å². The first kappa shape index (κ1) is 18.7. The van der Waals surface area contributed by atoms with Crippen molar-refractivity contribution in [2.75, 3.05) is 6.73 Å². The lowest BCUT2D eigenvalue weighted by Gasteiger charge is -2.09. The van der Waals surface area contributed by atoms with E-state index in [1.807, 2.05) is 24.3 Å². The third-order valence-corrected chi connectivity index (χ3v) is 4.05. The Morgan fingerprint density at radius 1 is 0.955 bits per heavy atom. The van der Waals surface area contributed by atoms with Gasteiger partial charge in [0.05, 0.1) is 0 Å². The summed E-state index contributed by atoms with van der Waals surface area (Å²) in [5, 5.41) is 11.3. The van der Waals surface area contributed by atoms with E-state index in [0.29, 0.717) is 5.56 Å². The quantitative estimate of drug-likeness (QED) is 0.443. The average Bonchev–Trinajstić information content (AvgIpc) is 2.54. The molecule has 2 N–H and O–H groups in total. The highest BCUT2D eigenvalue weighted by Gasteiger charge is 2.09. The molecule has 3 nitrogen and oxygen atoms in total. The Morgan fingerprint density at radius 3 is 2.18 bits per heavy atom. The van der Waals surface area contributed by atoms with Crippen LogP contribution < -0.4 is 5.32 Å². The van der Waals surface area contributed by atoms with Crippen molar-refractivity contribution < 1.29 is 9.90 Å². The van der Waals surface area contributed by atoms with E-state index in [-0.39, 0.29) is 12.6 Å². The van der Waals surface area contributed by atoms with Gasteiger partial charge in [0.1, 0.15) is 6.73 Å². The zero-order valence-electron chi connectivity index (χ0n) is 13.9. The van der Waals surface area contributed by atoms with Gasteiger partial charge in [-0.25, -0.2) is 0 Å². The van der Waals surface area contributed by atoms with Gasteiger partial charge < -0.3 is 10.4 Å². The molecule has 0 spiro atoms. The van der Waals surface area contributed by atoms with Crippen molar-refractivity contribution >= 4 is 5.91 Å². The van der Waals surface area contributed by atoms with Crippen LogP contribution in [0, 0.1) is 0 Å². The van der Waals surface area contributed by atoms with Gasteiger partial charge in [-0.3, -0.25) is 4.79 Å². The number of unbranched alkanes of at least 4 members (excludes halogenated alkanes) is 8. The molecule has 0 saturated heterocycles. The Kier molecular flexibility index (Phi) is 10.4. The highest BCUT2D eigenvalue weighted by Crippen LogP contribution is 2.15. The maximum atomic E-state index is 11.9. The molecule has 3 heteroatoms. The van der Waals surface area contributed by atoms with Gasteiger partial charge in [-0.05, 0) is 24.5 Å². The Hall–Kier alpha value is -1.35. The van der Waals surface area contributed by atoms with E-state index in [1.165, 1.54) is 51.4 Å². The number of carbonyl (C=O) groups excluding carboxylic acids is 1. The SMILES string of the molecule is CCCCCCCCCCCc1ccccc1C(=O)NCO. The number of benzene rings is 1. The molecule has 1 amide bonds. The second-order valence-corrected chi connectivity index (χ2v) is 5.90. The van der Waals surface area contributed by atoms with Gasteiger partial charge in [-0.15, -0.1) is 0 Å². The fourth-order valence-corrected chi connectivity index (χ4v) is 2.75. The van der Waals surface area contributed by atoms with Crippen molar-refractivity contribution in [3.8, 4) is 0 Å². The Morgan fingerprint density at radius 2 is 1.55 bits per heavy atom. The van der Waals surface area contributed by atoms with Crippen LogP contribution in [-0.4, -0.2) is 17.7 Å². The average molecular weight is 305 g/mol. The van der Waals surface area contributed by atoms with Crippen molar-refractivity contribution in [1.29, 1.82) is 0 Å². The summed E-state index contributed by atoms with van der Waals surface area (Å²) in [5.74, 6) is -0.186. The van der Waals surface area contributed by atoms with E-state index in [1.54, 1.807) is 0 Å². The minimum absolute atomic E-state index is 0.186. The van der Waals surface area contributed by atoms with Gasteiger partial charge in [0.15, 0.2) is 0 Å². The first-order chi connectivity index (χ1) is 10.8. The van der Waals surface area contributed by atoms with E-state index >= 15 is 0 Å². The van der Waals surface area contributed by atoms with Crippen LogP contribution in [0.5, 0.6) is 0 Å². The number of aliphatic hydroxyl groups excluding tert-OH is 1. The highest BCUT2D eigenvalue weighted by molar-refractivity contribution is 5.95. The van der Waals surface area contributed by atoms with Crippen LogP contribution in [0.2, 0.25) is 0 Å². The largest absolute Gasteiger partial charge is 0.376 e. The molecule has 0 fully saturated rings. The first-order valence-corrected chi connectivity index (χ1v) is 8.76. The minimum Gasteiger partial charge on any atom is -0.376 e. The minimum atomic E-state index is -0.314. The Labute approximate surface area is 135 Å². The Bertz CT molecular complexity index is 418. The molecule has 1 aromatic carbocycles. The van der Waals surface area contributed by atoms with E-state index in [9.17, 15) is 4.79 Å². The van der Waals surface area contributed by atoms with Crippen molar-refractivity contribution in [3.63, 3.8) is 0 Å². The van der Waals surface area contributed by atoms with Crippen molar-refractivity contribution in [2.45, 2.75) is 71.1 Å². The van der Waals surface area contributed by atoms with Crippen LogP contribution in [0.25, 0.3) is 0 Å². The normalized spacial score (nSPS) is 10.6. The third-order valence-electron chi connectivity index (χ3n) is 4.05. The molecule has 124 valence electrons. The number of hydrogen-bond donors (Lipinski definition) is 2. The number of carbonyl (C=O) groups is 1. The molecule has 0 aromatic heterocycles. The van der Waals surface area contributed by atoms with Gasteiger partial charge in [-0.2, -0.15) is 0 Å². The van der Waals surface area contributed by atoms with E-state index < -0.39 is 0 Å². The molecule has 0 radical (unpaired) electrons. The summed E-state index contributed by atoms with van der Waals surface area (Å²) in [7, 11) is 0. The summed E-state index contributed by atoms with van der Waals surface area (Å²) in [6, 6.07) is 7.68. The molecule has 0 aliphatic rings. The van der Waals surface area contributed by atoms with Crippen molar-refractivity contribution in [2.24, 2.45) is 0 Å². The lowest BCUT2D eigenvalue weighted by molar-refractivity contribution is 0.0909. The summed E-state index contributed by atoms with van der Waals surface area (Å²) in [6.07, 6.45) is 12.7. The number of aryl methyl sites for hydroxylation is 1. The molecule has 0 bridgehead atoms. The van der Waals surface area contributed by atoms with Crippen LogP contribution in [0.3, 0.4) is 0 Å². The number of hydrogen-bond acceptors (Lipinski definition) is 2. The molecule has 0 atom stereocenters. The van der Waals surface area contributed by atoms with Crippen LogP contribution in [0.4, 0.5) is 0 Å². The first-order valence-electron chi connectivity index (χ1n) is 8.76. The van der Waals surface area contributed by atoms with Gasteiger partial charge >= 0.3 is 0 Å². The zero-order chi connectivity index (χ0) is 16.0. The summed E-state index contributed by atoms with van der Waals surface area (Å²) in [6.45, 7) is 1.93. The maximum Gasteiger partial charge on any atom is 0.253 e. The fraction of sp³-hybridized carbons (Fsp3) is 0.632. The number of rotatable bonds is 12. The molecular formula is C19H31NO2. The predicted octanol–water partition coefficient (Wildman–Crippen LogP) is 4.44. The second kappa shape index (κ2) is 12.2. The number of nitrogens with one attached hydrogen (secondary N) is 1. The molecule has 0 heterocycles. The van der Waals surface area contributed by atoms with Crippen molar-refractivity contribution in [1.82, 2.24) is 5.32 Å². The lowest BCUT2D eigenvalue weighted by atomic mass is 9.99. The van der Waals surface area contributed by atoms with Gasteiger partial charge in [-0.1, -0.05) is 76.5 Å². The van der Waals surface area contributed by atoms with Crippen molar-refractivity contribution in [3.05, 3.63) is 35.4 Å². The van der Waals surface area contributed by atoms with E-state index in [0.717, 1.165) is 18.4 Å². The van der Waals surface area contributed by atoms with Crippen LogP contribution >= 0.6 is 0 Å². The predicted molar refractivity (Wildman–Crippen MR) is 91.9 cm³/mol. The maximum absolute atomic E-state index is 11.9. The Balaban J connectivity index is 2.21. The van der Waals surface area contributed by atoms with E-state index in [2.05, 4.69) is 12.2 Å². The second-order valence-electron chi connectivity index (χ2n) is 5.90. The molecule has 1 rings (SSSR count). The van der Waals surface area contributed by atoms with Gasteiger partial charge in [0.25, 0.3) is 5.91 Å². The molecule has 0 aliphatic heterocycles. The number of aliphatic hydroxyl groups is 1. The smallest absolute Gasteiger partial charge is 0.253 e. The molecule has 22 heavy (non-hydrogen) atoms. The summed E-state index contributed by atoms with van der Waals surface area (Å²) >= 11 is 0. The third kappa shape index (κ3) is 7.60. The monoisotopic (exact) mass is 305 g/mol. The van der Waals surface area contributed by atoms with Crippen LogP contribution in [0.1, 0.15) is 80.6 Å². The molecule has 0 saturated carbocycles.